The fourth-order valence-corrected chi connectivity index (χ4v) is 3.66. The highest BCUT2D eigenvalue weighted by Gasteiger charge is 2.15. The molecule has 0 unspecified atom stereocenters. The van der Waals surface area contributed by atoms with Gasteiger partial charge in [0, 0.05) is 17.9 Å². The molecule has 0 saturated heterocycles. The van der Waals surface area contributed by atoms with E-state index in [9.17, 15) is 9.59 Å². The minimum atomic E-state index is -0.161. The Balaban J connectivity index is 1.78. The summed E-state index contributed by atoms with van der Waals surface area (Å²) in [5.41, 5.74) is 2.60. The first kappa shape index (κ1) is 20.0. The van der Waals surface area contributed by atoms with Crippen LogP contribution in [0.4, 0.5) is 5.69 Å². The summed E-state index contributed by atoms with van der Waals surface area (Å²) >= 11 is 1.26. The van der Waals surface area contributed by atoms with Crippen LogP contribution in [0.25, 0.3) is 11.0 Å². The zero-order valence-corrected chi connectivity index (χ0v) is 17.2. The van der Waals surface area contributed by atoms with Gasteiger partial charge >= 0.3 is 0 Å². The molecule has 0 spiro atoms. The molecule has 2 N–H and O–H groups in total. The molecule has 0 atom stereocenters. The largest absolute Gasteiger partial charge is 0.497 e. The number of nitrogens with zero attached hydrogens (tertiary/aromatic N) is 2. The number of hydrogen-bond donors (Lipinski definition) is 2. The van der Waals surface area contributed by atoms with Gasteiger partial charge < -0.3 is 15.0 Å². The summed E-state index contributed by atoms with van der Waals surface area (Å²) in [5, 5.41) is 3.39. The first-order valence-electron chi connectivity index (χ1n) is 9.04. The third-order valence-electron chi connectivity index (χ3n) is 4.09. The van der Waals surface area contributed by atoms with Gasteiger partial charge in [0.25, 0.3) is 5.56 Å². The van der Waals surface area contributed by atoms with Crippen molar-refractivity contribution in [2.45, 2.75) is 32.5 Å². The van der Waals surface area contributed by atoms with Crippen LogP contribution in [-0.4, -0.2) is 33.3 Å². The molecule has 0 aliphatic heterocycles. The number of rotatable bonds is 7. The van der Waals surface area contributed by atoms with Crippen LogP contribution in [0.2, 0.25) is 0 Å². The molecule has 0 fully saturated rings. The summed E-state index contributed by atoms with van der Waals surface area (Å²) in [7, 11) is 1.59. The summed E-state index contributed by atoms with van der Waals surface area (Å²) in [5.74, 6) is 1.00. The van der Waals surface area contributed by atoms with Crippen LogP contribution in [-0.2, 0) is 11.3 Å². The zero-order chi connectivity index (χ0) is 20.3. The van der Waals surface area contributed by atoms with Crippen molar-refractivity contribution in [2.24, 2.45) is 5.92 Å². The van der Waals surface area contributed by atoms with Gasteiger partial charge in [-0.05, 0) is 43.2 Å². The maximum Gasteiger partial charge on any atom is 0.278 e. The average molecular weight is 401 g/mol. The molecule has 3 aromatic rings. The number of anilines is 1. The van der Waals surface area contributed by atoms with Crippen molar-refractivity contribution in [2.75, 3.05) is 18.2 Å². The average Bonchev–Trinajstić information content (AvgIpc) is 3.03. The molecule has 0 aliphatic rings. The lowest BCUT2D eigenvalue weighted by molar-refractivity contribution is -0.113. The lowest BCUT2D eigenvalue weighted by Crippen LogP contribution is -2.26. The highest BCUT2D eigenvalue weighted by atomic mass is 32.2. The number of aromatic amines is 1. The van der Waals surface area contributed by atoms with Crippen LogP contribution in [0.5, 0.6) is 5.75 Å². The molecular formula is C20H24N4O3S. The van der Waals surface area contributed by atoms with Crippen molar-refractivity contribution < 1.29 is 9.53 Å². The Morgan fingerprint density at radius 2 is 2.04 bits per heavy atom. The van der Waals surface area contributed by atoms with E-state index in [0.717, 1.165) is 11.4 Å². The number of aromatic nitrogens is 3. The van der Waals surface area contributed by atoms with Crippen molar-refractivity contribution in [3.8, 4) is 5.75 Å². The van der Waals surface area contributed by atoms with Gasteiger partial charge in [0.2, 0.25) is 5.91 Å². The molecule has 2 heterocycles. The van der Waals surface area contributed by atoms with Gasteiger partial charge in [-0.25, -0.2) is 4.98 Å². The number of amides is 1. The predicted molar refractivity (Wildman–Crippen MR) is 112 cm³/mol. The zero-order valence-electron chi connectivity index (χ0n) is 16.4. The van der Waals surface area contributed by atoms with Gasteiger partial charge in [0.15, 0.2) is 5.16 Å². The quantitative estimate of drug-likeness (QED) is 0.469. The SMILES string of the molecule is COc1ccc(NC(=O)CSc2nc3cc(C)[nH]c3c(=O)n2CC(C)C)cc1. The van der Waals surface area contributed by atoms with Gasteiger partial charge in [0.05, 0.1) is 18.4 Å². The van der Waals surface area contributed by atoms with Gasteiger partial charge in [0.1, 0.15) is 11.3 Å². The van der Waals surface area contributed by atoms with Gasteiger partial charge in [-0.1, -0.05) is 25.6 Å². The number of aryl methyl sites for hydroxylation is 1. The van der Waals surface area contributed by atoms with E-state index in [2.05, 4.69) is 15.3 Å². The van der Waals surface area contributed by atoms with Crippen LogP contribution in [0, 0.1) is 12.8 Å². The fraction of sp³-hybridized carbons (Fsp3) is 0.350. The molecule has 1 amide bonds. The molecule has 2 aromatic heterocycles. The maximum absolute atomic E-state index is 12.9. The van der Waals surface area contributed by atoms with Crippen LogP contribution < -0.4 is 15.6 Å². The number of benzene rings is 1. The number of carbonyl (C=O) groups excluding carboxylic acids is 1. The molecule has 0 aliphatic carbocycles. The Bertz CT molecular complexity index is 1040. The molecule has 0 bridgehead atoms. The molecule has 0 radical (unpaired) electrons. The van der Waals surface area contributed by atoms with Crippen molar-refractivity contribution >= 4 is 34.4 Å². The first-order valence-corrected chi connectivity index (χ1v) is 10.0. The van der Waals surface area contributed by atoms with Gasteiger partial charge in [-0.3, -0.25) is 14.2 Å². The Morgan fingerprint density at radius 1 is 1.32 bits per heavy atom. The minimum absolute atomic E-state index is 0.107. The third-order valence-corrected chi connectivity index (χ3v) is 5.07. The second-order valence-electron chi connectivity index (χ2n) is 6.98. The number of methoxy groups -OCH3 is 1. The van der Waals surface area contributed by atoms with Crippen LogP contribution in [0.15, 0.2) is 40.3 Å². The van der Waals surface area contributed by atoms with E-state index < -0.39 is 0 Å². The summed E-state index contributed by atoms with van der Waals surface area (Å²) in [4.78, 5) is 32.9. The predicted octanol–water partition coefficient (Wildman–Crippen LogP) is 3.43. The fourth-order valence-electron chi connectivity index (χ4n) is 2.85. The molecule has 1 aromatic carbocycles. The lowest BCUT2D eigenvalue weighted by Gasteiger charge is -2.14. The summed E-state index contributed by atoms with van der Waals surface area (Å²) in [6.07, 6.45) is 0. The lowest BCUT2D eigenvalue weighted by atomic mass is 10.2. The topological polar surface area (TPSA) is 89.0 Å². The summed E-state index contributed by atoms with van der Waals surface area (Å²) < 4.78 is 6.76. The van der Waals surface area contributed by atoms with E-state index >= 15 is 0 Å². The summed E-state index contributed by atoms with van der Waals surface area (Å²) in [6.45, 7) is 6.52. The van der Waals surface area contributed by atoms with E-state index in [1.165, 1.54) is 11.8 Å². The maximum atomic E-state index is 12.9. The normalized spacial score (nSPS) is 11.2. The smallest absolute Gasteiger partial charge is 0.278 e. The van der Waals surface area contributed by atoms with E-state index in [1.54, 1.807) is 35.9 Å². The number of nitrogens with one attached hydrogen (secondary N) is 2. The highest BCUT2D eigenvalue weighted by Crippen LogP contribution is 2.20. The number of fused-ring (bicyclic) bond motifs is 1. The van der Waals surface area contributed by atoms with Crippen LogP contribution in [0.3, 0.4) is 0 Å². The van der Waals surface area contributed by atoms with Gasteiger partial charge in [-0.15, -0.1) is 0 Å². The Labute approximate surface area is 167 Å². The molecule has 3 rings (SSSR count). The second-order valence-corrected chi connectivity index (χ2v) is 7.92. The highest BCUT2D eigenvalue weighted by molar-refractivity contribution is 7.99. The Kier molecular flexibility index (Phi) is 6.08. The van der Waals surface area contributed by atoms with Crippen LogP contribution >= 0.6 is 11.8 Å². The van der Waals surface area contributed by atoms with Crippen LogP contribution in [0.1, 0.15) is 19.5 Å². The standard InChI is InChI=1S/C20H24N4O3S/c1-12(2)10-24-19(26)18-16(9-13(3)21-18)23-20(24)28-11-17(25)22-14-5-7-15(27-4)8-6-14/h5-9,12,21H,10-11H2,1-4H3,(H,22,25). The number of thioether (sulfide) groups is 1. The number of carbonyl (C=O) groups is 1. The third kappa shape index (κ3) is 4.56. The molecule has 8 heteroatoms. The van der Waals surface area contributed by atoms with E-state index in [0.29, 0.717) is 28.4 Å². The van der Waals surface area contributed by atoms with Crippen molar-refractivity contribution in [3.05, 3.63) is 46.4 Å². The Morgan fingerprint density at radius 3 is 2.68 bits per heavy atom. The second kappa shape index (κ2) is 8.52. The van der Waals surface area contributed by atoms with E-state index in [-0.39, 0.29) is 23.1 Å². The van der Waals surface area contributed by atoms with Crippen molar-refractivity contribution in [1.82, 2.24) is 14.5 Å². The van der Waals surface area contributed by atoms with E-state index in [4.69, 9.17) is 4.74 Å². The van der Waals surface area contributed by atoms with Gasteiger partial charge in [-0.2, -0.15) is 0 Å². The monoisotopic (exact) mass is 400 g/mol. The number of hydrogen-bond acceptors (Lipinski definition) is 5. The molecular weight excluding hydrogens is 376 g/mol. The van der Waals surface area contributed by atoms with Crippen molar-refractivity contribution in [1.29, 1.82) is 0 Å². The number of H-pyrrole nitrogens is 1. The van der Waals surface area contributed by atoms with Crippen molar-refractivity contribution in [3.63, 3.8) is 0 Å². The molecule has 0 saturated carbocycles. The molecule has 28 heavy (non-hydrogen) atoms. The van der Waals surface area contributed by atoms with E-state index in [1.807, 2.05) is 26.8 Å². The molecule has 148 valence electrons. The first-order chi connectivity index (χ1) is 13.4. The minimum Gasteiger partial charge on any atom is -0.497 e. The molecule has 7 nitrogen and oxygen atoms in total. The Hall–Kier alpha value is -2.74. The summed E-state index contributed by atoms with van der Waals surface area (Å²) in [6, 6.07) is 8.98. The number of ether oxygens (including phenoxy) is 1.